The summed E-state index contributed by atoms with van der Waals surface area (Å²) >= 11 is 1.71. The molecule has 2 heterocycles. The van der Waals surface area contributed by atoms with Gasteiger partial charge in [-0.1, -0.05) is 44.2 Å². The number of hydrogen-bond donors (Lipinski definition) is 0. The number of amides is 2. The number of hydrogen-bond acceptors (Lipinski definition) is 5. The van der Waals surface area contributed by atoms with Gasteiger partial charge in [-0.15, -0.1) is 11.3 Å². The van der Waals surface area contributed by atoms with E-state index in [-0.39, 0.29) is 41.6 Å². The summed E-state index contributed by atoms with van der Waals surface area (Å²) < 4.78 is 0. The van der Waals surface area contributed by atoms with Crippen molar-refractivity contribution < 1.29 is 14.5 Å². The lowest BCUT2D eigenvalue weighted by Gasteiger charge is -2.38. The quantitative estimate of drug-likeness (QED) is 0.334. The minimum absolute atomic E-state index is 0.0818. The summed E-state index contributed by atoms with van der Waals surface area (Å²) in [5, 5.41) is 13.3. The molecule has 0 bridgehead atoms. The number of nitro groups is 1. The van der Waals surface area contributed by atoms with Crippen molar-refractivity contribution in [2.24, 2.45) is 5.92 Å². The number of nitrogens with zero attached hydrogens (tertiary/aromatic N) is 3. The van der Waals surface area contributed by atoms with Crippen molar-refractivity contribution >= 4 is 28.8 Å². The number of rotatable bonds is 7. The van der Waals surface area contributed by atoms with Gasteiger partial charge in [-0.2, -0.15) is 0 Å². The average Bonchev–Trinajstić information content (AvgIpc) is 3.32. The molecular formula is C27H29N3O4S. The van der Waals surface area contributed by atoms with Crippen LogP contribution in [-0.2, 0) is 11.2 Å². The third kappa shape index (κ3) is 5.27. The topological polar surface area (TPSA) is 83.8 Å². The van der Waals surface area contributed by atoms with Crippen LogP contribution in [0.4, 0.5) is 5.69 Å². The number of non-ortho nitro benzene ring substituents is 1. The van der Waals surface area contributed by atoms with Crippen LogP contribution in [0.15, 0.2) is 60.0 Å². The van der Waals surface area contributed by atoms with Crippen LogP contribution in [0.2, 0.25) is 0 Å². The molecule has 1 unspecified atom stereocenters. The molecule has 1 aliphatic heterocycles. The molecule has 0 fully saturated rings. The Balaban J connectivity index is 1.64. The van der Waals surface area contributed by atoms with Gasteiger partial charge in [-0.25, -0.2) is 0 Å². The highest BCUT2D eigenvalue weighted by Crippen LogP contribution is 2.39. The van der Waals surface area contributed by atoms with Crippen LogP contribution in [-0.4, -0.2) is 46.2 Å². The van der Waals surface area contributed by atoms with Gasteiger partial charge in [-0.3, -0.25) is 19.7 Å². The summed E-state index contributed by atoms with van der Waals surface area (Å²) in [5.41, 5.74) is 3.40. The van der Waals surface area contributed by atoms with E-state index in [1.807, 2.05) is 30.9 Å². The summed E-state index contributed by atoms with van der Waals surface area (Å²) in [6.07, 6.45) is 0.782. The highest BCUT2D eigenvalue weighted by molar-refractivity contribution is 7.10. The van der Waals surface area contributed by atoms with Crippen molar-refractivity contribution in [2.45, 2.75) is 33.2 Å². The summed E-state index contributed by atoms with van der Waals surface area (Å²) in [6.45, 7) is 6.88. The molecule has 7 nitrogen and oxygen atoms in total. The molecule has 0 aliphatic carbocycles. The lowest BCUT2D eigenvalue weighted by atomic mass is 9.90. The van der Waals surface area contributed by atoms with Gasteiger partial charge in [-0.05, 0) is 53.5 Å². The van der Waals surface area contributed by atoms with Gasteiger partial charge in [0.05, 0.1) is 11.0 Å². The lowest BCUT2D eigenvalue weighted by Crippen LogP contribution is -2.47. The highest BCUT2D eigenvalue weighted by atomic mass is 32.1. The van der Waals surface area contributed by atoms with Crippen LogP contribution in [0.5, 0.6) is 0 Å². The van der Waals surface area contributed by atoms with E-state index >= 15 is 0 Å². The maximum absolute atomic E-state index is 13.8. The van der Waals surface area contributed by atoms with Crippen molar-refractivity contribution in [1.29, 1.82) is 0 Å². The predicted molar refractivity (Wildman–Crippen MR) is 137 cm³/mol. The lowest BCUT2D eigenvalue weighted by molar-refractivity contribution is -0.384. The standard InChI is InChI=1S/C27H29N3O4S/c1-18(2)16-28(27(32)20-8-6-9-21(15-20)30(33)34)17-25(31)29-13-11-24-23(12-14-35-24)26(29)22-10-5-4-7-19(22)3/h4-10,12,14-15,18,26H,11,13,16-17H2,1-3H3. The molecule has 1 atom stereocenters. The van der Waals surface area contributed by atoms with Gasteiger partial charge in [0.25, 0.3) is 11.6 Å². The molecule has 182 valence electrons. The van der Waals surface area contributed by atoms with Crippen molar-refractivity contribution in [3.8, 4) is 0 Å². The second-order valence-electron chi connectivity index (χ2n) is 9.28. The Morgan fingerprint density at radius 1 is 1.14 bits per heavy atom. The Bertz CT molecular complexity index is 1250. The zero-order valence-electron chi connectivity index (χ0n) is 20.1. The third-order valence-corrected chi connectivity index (χ3v) is 7.27. The van der Waals surface area contributed by atoms with Crippen LogP contribution in [0.25, 0.3) is 0 Å². The Hall–Kier alpha value is -3.52. The van der Waals surface area contributed by atoms with Crippen molar-refractivity contribution in [3.63, 3.8) is 0 Å². The molecule has 1 aromatic heterocycles. The van der Waals surface area contributed by atoms with Crippen molar-refractivity contribution in [3.05, 3.63) is 97.2 Å². The summed E-state index contributed by atoms with van der Waals surface area (Å²) in [4.78, 5) is 42.5. The molecule has 3 aromatic rings. The molecule has 0 spiro atoms. The second-order valence-corrected chi connectivity index (χ2v) is 10.3. The monoisotopic (exact) mass is 491 g/mol. The largest absolute Gasteiger partial charge is 0.330 e. The molecule has 35 heavy (non-hydrogen) atoms. The fourth-order valence-corrected chi connectivity index (χ4v) is 5.57. The molecule has 0 saturated heterocycles. The van der Waals surface area contributed by atoms with Crippen LogP contribution < -0.4 is 0 Å². The highest BCUT2D eigenvalue weighted by Gasteiger charge is 2.35. The number of benzene rings is 2. The SMILES string of the molecule is Cc1ccccc1C1c2ccsc2CCN1C(=O)CN(CC(C)C)C(=O)c1cccc([N+](=O)[O-])c1. The smallest absolute Gasteiger partial charge is 0.270 e. The summed E-state index contributed by atoms with van der Waals surface area (Å²) in [7, 11) is 0. The number of thiophene rings is 1. The van der Waals surface area contributed by atoms with Crippen LogP contribution in [0.1, 0.15) is 51.8 Å². The van der Waals surface area contributed by atoms with E-state index < -0.39 is 4.92 Å². The van der Waals surface area contributed by atoms with Gasteiger partial charge in [0, 0.05) is 35.7 Å². The van der Waals surface area contributed by atoms with Gasteiger partial charge in [0.15, 0.2) is 0 Å². The number of carbonyl (C=O) groups is 2. The zero-order chi connectivity index (χ0) is 25.1. The third-order valence-electron chi connectivity index (χ3n) is 6.27. The van der Waals surface area contributed by atoms with E-state index in [4.69, 9.17) is 0 Å². The van der Waals surface area contributed by atoms with Crippen LogP contribution in [0, 0.1) is 23.0 Å². The number of fused-ring (bicyclic) bond motifs is 1. The average molecular weight is 492 g/mol. The van der Waals surface area contributed by atoms with E-state index in [1.165, 1.54) is 28.0 Å². The molecular weight excluding hydrogens is 462 g/mol. The summed E-state index contributed by atoms with van der Waals surface area (Å²) in [5.74, 6) is -0.381. The molecule has 0 radical (unpaired) electrons. The van der Waals surface area contributed by atoms with E-state index in [2.05, 4.69) is 30.5 Å². The Morgan fingerprint density at radius 3 is 2.63 bits per heavy atom. The molecule has 4 rings (SSSR count). The van der Waals surface area contributed by atoms with E-state index in [0.717, 1.165) is 23.1 Å². The first-order valence-electron chi connectivity index (χ1n) is 11.7. The number of nitro benzene ring substituents is 1. The fraction of sp³-hybridized carbons (Fsp3) is 0.333. The minimum atomic E-state index is -0.520. The minimum Gasteiger partial charge on any atom is -0.330 e. The van der Waals surface area contributed by atoms with E-state index in [1.54, 1.807) is 17.4 Å². The molecule has 8 heteroatoms. The van der Waals surface area contributed by atoms with Crippen molar-refractivity contribution in [1.82, 2.24) is 9.80 Å². The Kier molecular flexibility index (Phi) is 7.31. The molecule has 2 amide bonds. The molecule has 2 aromatic carbocycles. The maximum atomic E-state index is 13.8. The second kappa shape index (κ2) is 10.4. The molecule has 1 aliphatic rings. The number of aryl methyl sites for hydroxylation is 1. The zero-order valence-corrected chi connectivity index (χ0v) is 21.0. The molecule has 0 N–H and O–H groups in total. The van der Waals surface area contributed by atoms with Gasteiger partial charge in [0.2, 0.25) is 5.91 Å². The maximum Gasteiger partial charge on any atom is 0.270 e. The van der Waals surface area contributed by atoms with Crippen LogP contribution >= 0.6 is 11.3 Å². The van der Waals surface area contributed by atoms with Gasteiger partial charge in [0.1, 0.15) is 6.54 Å². The van der Waals surface area contributed by atoms with E-state index in [0.29, 0.717) is 13.1 Å². The predicted octanol–water partition coefficient (Wildman–Crippen LogP) is 5.24. The van der Waals surface area contributed by atoms with Gasteiger partial charge >= 0.3 is 0 Å². The first-order valence-corrected chi connectivity index (χ1v) is 12.6. The number of carbonyl (C=O) groups excluding carboxylic acids is 2. The first-order chi connectivity index (χ1) is 16.8. The normalized spacial score (nSPS) is 15.1. The van der Waals surface area contributed by atoms with Crippen LogP contribution in [0.3, 0.4) is 0 Å². The van der Waals surface area contributed by atoms with E-state index in [9.17, 15) is 19.7 Å². The molecule has 0 saturated carbocycles. The first kappa shape index (κ1) is 24.6. The fourth-order valence-electron chi connectivity index (χ4n) is 4.66. The summed E-state index contributed by atoms with van der Waals surface area (Å²) in [6, 6.07) is 15.7. The Labute approximate surface area is 209 Å². The Morgan fingerprint density at radius 2 is 1.91 bits per heavy atom. The van der Waals surface area contributed by atoms with Crippen molar-refractivity contribution in [2.75, 3.05) is 19.6 Å². The van der Waals surface area contributed by atoms with Gasteiger partial charge < -0.3 is 9.80 Å².